The van der Waals surface area contributed by atoms with E-state index in [-0.39, 0.29) is 29.7 Å². The Labute approximate surface area is 169 Å². The van der Waals surface area contributed by atoms with E-state index < -0.39 is 11.8 Å². The molecule has 0 radical (unpaired) electrons. The fraction of sp³-hybridized carbons (Fsp3) is 0.524. The van der Waals surface area contributed by atoms with Crippen molar-refractivity contribution in [2.45, 2.75) is 37.6 Å². The molecule has 2 fully saturated rings. The second-order valence-electron chi connectivity index (χ2n) is 8.17. The molecule has 8 heteroatoms. The maximum absolute atomic E-state index is 12.6. The number of anilines is 1. The average molecular weight is 398 g/mol. The maximum Gasteiger partial charge on any atom is 0.311 e. The van der Waals surface area contributed by atoms with Crippen molar-refractivity contribution >= 4 is 29.3 Å². The van der Waals surface area contributed by atoms with Crippen LogP contribution in [-0.2, 0) is 19.2 Å². The van der Waals surface area contributed by atoms with Crippen LogP contribution in [0.1, 0.15) is 37.2 Å². The maximum atomic E-state index is 12.6. The van der Waals surface area contributed by atoms with Crippen molar-refractivity contribution in [3.8, 4) is 0 Å². The topological polar surface area (TPSA) is 98.8 Å². The number of likely N-dealkylation sites (tertiary alicyclic amines) is 2. The van der Waals surface area contributed by atoms with E-state index in [4.69, 9.17) is 0 Å². The molecule has 2 unspecified atom stereocenters. The molecule has 4 rings (SSSR count). The Hall–Kier alpha value is -2.90. The van der Waals surface area contributed by atoms with Gasteiger partial charge in [0, 0.05) is 44.8 Å². The third-order valence-corrected chi connectivity index (χ3v) is 6.29. The summed E-state index contributed by atoms with van der Waals surface area (Å²) in [6, 6.07) is 7.54. The van der Waals surface area contributed by atoms with E-state index in [0.717, 1.165) is 11.3 Å². The SMILES string of the molecule is CN1CC(NC(=O)C(=O)N2CCC(C3C(=O)Nc4ccccc43)CC2)CCC1=O. The first-order chi connectivity index (χ1) is 13.9. The third kappa shape index (κ3) is 3.83. The molecule has 3 aliphatic heterocycles. The standard InChI is InChI=1S/C21H26N4O4/c1-24-12-14(6-7-17(24)26)22-20(28)21(29)25-10-8-13(9-11-25)18-15-4-2-3-5-16(15)23-19(18)27/h2-5,13-14,18H,6-12H2,1H3,(H,22,28)(H,23,27). The molecule has 0 aromatic heterocycles. The summed E-state index contributed by atoms with van der Waals surface area (Å²) in [7, 11) is 1.70. The van der Waals surface area contributed by atoms with Crippen LogP contribution >= 0.6 is 0 Å². The zero-order chi connectivity index (χ0) is 20.5. The van der Waals surface area contributed by atoms with Crippen molar-refractivity contribution in [3.63, 3.8) is 0 Å². The molecule has 2 N–H and O–H groups in total. The van der Waals surface area contributed by atoms with Gasteiger partial charge < -0.3 is 20.4 Å². The third-order valence-electron chi connectivity index (χ3n) is 6.29. The highest BCUT2D eigenvalue weighted by Crippen LogP contribution is 2.41. The molecule has 0 aliphatic carbocycles. The predicted molar refractivity (Wildman–Crippen MR) is 106 cm³/mol. The van der Waals surface area contributed by atoms with Gasteiger partial charge >= 0.3 is 11.8 Å². The molecule has 3 heterocycles. The van der Waals surface area contributed by atoms with Crippen LogP contribution in [0.4, 0.5) is 5.69 Å². The zero-order valence-corrected chi connectivity index (χ0v) is 16.5. The molecule has 0 spiro atoms. The van der Waals surface area contributed by atoms with Gasteiger partial charge in [0.2, 0.25) is 11.8 Å². The molecule has 2 atom stereocenters. The van der Waals surface area contributed by atoms with Crippen LogP contribution < -0.4 is 10.6 Å². The summed E-state index contributed by atoms with van der Waals surface area (Å²) in [5.41, 5.74) is 1.90. The number of para-hydroxylation sites is 1. The Morgan fingerprint density at radius 1 is 1.10 bits per heavy atom. The Balaban J connectivity index is 1.31. The predicted octanol–water partition coefficient (Wildman–Crippen LogP) is 0.698. The molecule has 154 valence electrons. The molecule has 2 saturated heterocycles. The van der Waals surface area contributed by atoms with E-state index >= 15 is 0 Å². The number of carbonyl (C=O) groups excluding carboxylic acids is 4. The van der Waals surface area contributed by atoms with Gasteiger partial charge in [-0.25, -0.2) is 0 Å². The van der Waals surface area contributed by atoms with Gasteiger partial charge in [0.25, 0.3) is 0 Å². The molecule has 29 heavy (non-hydrogen) atoms. The second kappa shape index (κ2) is 7.85. The summed E-state index contributed by atoms with van der Waals surface area (Å²) in [4.78, 5) is 52.1. The Bertz CT molecular complexity index is 847. The van der Waals surface area contributed by atoms with Crippen LogP contribution in [0, 0.1) is 5.92 Å². The minimum Gasteiger partial charge on any atom is -0.344 e. The van der Waals surface area contributed by atoms with Gasteiger partial charge in [-0.2, -0.15) is 0 Å². The van der Waals surface area contributed by atoms with E-state index in [0.29, 0.717) is 45.3 Å². The Morgan fingerprint density at radius 3 is 2.55 bits per heavy atom. The average Bonchev–Trinajstić information content (AvgIpc) is 3.06. The number of benzene rings is 1. The molecule has 0 bridgehead atoms. The summed E-state index contributed by atoms with van der Waals surface area (Å²) in [6.45, 7) is 1.36. The van der Waals surface area contributed by atoms with Crippen molar-refractivity contribution < 1.29 is 19.2 Å². The van der Waals surface area contributed by atoms with Crippen LogP contribution in [0.15, 0.2) is 24.3 Å². The molecule has 0 saturated carbocycles. The van der Waals surface area contributed by atoms with Gasteiger partial charge in [-0.15, -0.1) is 0 Å². The number of carbonyl (C=O) groups is 4. The summed E-state index contributed by atoms with van der Waals surface area (Å²) in [6.07, 6.45) is 2.31. The zero-order valence-electron chi connectivity index (χ0n) is 16.5. The molecule has 8 nitrogen and oxygen atoms in total. The van der Waals surface area contributed by atoms with Gasteiger partial charge in [-0.05, 0) is 36.8 Å². The van der Waals surface area contributed by atoms with Gasteiger partial charge in [0.1, 0.15) is 0 Å². The first-order valence-electron chi connectivity index (χ1n) is 10.2. The van der Waals surface area contributed by atoms with Crippen molar-refractivity contribution in [1.82, 2.24) is 15.1 Å². The fourth-order valence-electron chi connectivity index (χ4n) is 4.66. The summed E-state index contributed by atoms with van der Waals surface area (Å²) in [5.74, 6) is -1.10. The number of amides is 4. The second-order valence-corrected chi connectivity index (χ2v) is 8.17. The van der Waals surface area contributed by atoms with E-state index in [2.05, 4.69) is 10.6 Å². The van der Waals surface area contributed by atoms with Crippen molar-refractivity contribution in [2.75, 3.05) is 32.0 Å². The van der Waals surface area contributed by atoms with Crippen LogP contribution in [-0.4, -0.2) is 66.2 Å². The highest BCUT2D eigenvalue weighted by Gasteiger charge is 2.39. The minimum atomic E-state index is -0.611. The molecule has 3 aliphatic rings. The van der Waals surface area contributed by atoms with E-state index in [1.165, 1.54) is 0 Å². The molecular weight excluding hydrogens is 372 g/mol. The largest absolute Gasteiger partial charge is 0.344 e. The normalized spacial score (nSPS) is 24.9. The molecule has 1 aromatic rings. The number of nitrogens with one attached hydrogen (secondary N) is 2. The van der Waals surface area contributed by atoms with Crippen LogP contribution in [0.25, 0.3) is 0 Å². The highest BCUT2D eigenvalue weighted by molar-refractivity contribution is 6.35. The smallest absolute Gasteiger partial charge is 0.311 e. The fourth-order valence-corrected chi connectivity index (χ4v) is 4.66. The minimum absolute atomic E-state index is 0.0182. The number of piperidine rings is 2. The number of hydrogen-bond donors (Lipinski definition) is 2. The lowest BCUT2D eigenvalue weighted by Gasteiger charge is -2.34. The number of nitrogens with zero attached hydrogens (tertiary/aromatic N) is 2. The monoisotopic (exact) mass is 398 g/mol. The van der Waals surface area contributed by atoms with Crippen molar-refractivity contribution in [1.29, 1.82) is 0 Å². The first kappa shape index (κ1) is 19.4. The Morgan fingerprint density at radius 2 is 1.83 bits per heavy atom. The number of likely N-dealkylation sites (N-methyl/N-ethyl adjacent to an activating group) is 1. The first-order valence-corrected chi connectivity index (χ1v) is 10.2. The lowest BCUT2D eigenvalue weighted by Crippen LogP contribution is -2.53. The quantitative estimate of drug-likeness (QED) is 0.717. The van der Waals surface area contributed by atoms with Gasteiger partial charge in [-0.3, -0.25) is 19.2 Å². The molecular formula is C21H26N4O4. The summed E-state index contributed by atoms with van der Waals surface area (Å²) >= 11 is 0. The van der Waals surface area contributed by atoms with E-state index in [1.54, 1.807) is 16.8 Å². The van der Waals surface area contributed by atoms with Gasteiger partial charge in [0.15, 0.2) is 0 Å². The number of hydrogen-bond acceptors (Lipinski definition) is 4. The van der Waals surface area contributed by atoms with E-state index in [9.17, 15) is 19.2 Å². The van der Waals surface area contributed by atoms with Crippen LogP contribution in [0.5, 0.6) is 0 Å². The number of rotatable bonds is 2. The number of fused-ring (bicyclic) bond motifs is 1. The van der Waals surface area contributed by atoms with Crippen molar-refractivity contribution in [2.24, 2.45) is 5.92 Å². The van der Waals surface area contributed by atoms with Crippen molar-refractivity contribution in [3.05, 3.63) is 29.8 Å². The van der Waals surface area contributed by atoms with E-state index in [1.807, 2.05) is 24.3 Å². The van der Waals surface area contributed by atoms with Crippen LogP contribution in [0.3, 0.4) is 0 Å². The molecule has 1 aromatic carbocycles. The van der Waals surface area contributed by atoms with Gasteiger partial charge in [0.05, 0.1) is 5.92 Å². The summed E-state index contributed by atoms with van der Waals surface area (Å²) < 4.78 is 0. The lowest BCUT2D eigenvalue weighted by molar-refractivity contribution is -0.147. The van der Waals surface area contributed by atoms with Crippen LogP contribution in [0.2, 0.25) is 0 Å². The Kier molecular flexibility index (Phi) is 5.25. The summed E-state index contributed by atoms with van der Waals surface area (Å²) in [5, 5.41) is 5.70. The highest BCUT2D eigenvalue weighted by atomic mass is 16.2. The molecule has 4 amide bonds. The lowest BCUT2D eigenvalue weighted by atomic mass is 9.81. The van der Waals surface area contributed by atoms with Gasteiger partial charge in [-0.1, -0.05) is 18.2 Å².